The highest BCUT2D eigenvalue weighted by molar-refractivity contribution is 7.92. The minimum absolute atomic E-state index is 0.312. The number of rotatable bonds is 1. The number of hydrogen-bond donors (Lipinski definition) is 0. The van der Waals surface area contributed by atoms with E-state index in [2.05, 4.69) is 15.0 Å². The van der Waals surface area contributed by atoms with Gasteiger partial charge in [0.05, 0.1) is 15.5 Å². The predicted octanol–water partition coefficient (Wildman–Crippen LogP) is 3.51. The third-order valence-electron chi connectivity index (χ3n) is 4.36. The van der Waals surface area contributed by atoms with E-state index in [1.165, 1.54) is 0 Å². The van der Waals surface area contributed by atoms with E-state index in [9.17, 15) is 8.42 Å². The molecule has 4 aromatic rings. The monoisotopic (exact) mass is 345 g/mol. The average Bonchev–Trinajstić information content (AvgIpc) is 2.90. The number of fused-ring (bicyclic) bond motifs is 4. The molecular weight excluding hydrogens is 334 g/mol. The standard InChI is InChI=1S/C19H11N3O2S/c23-25(24)17-7-2-1-4-12(17)13-5-3-6-14(18(13)25)15-8-9-16-19(22-15)21-11-10-20-16/h1-11H. The normalized spacial score (nSPS) is 14.2. The summed E-state index contributed by atoms with van der Waals surface area (Å²) in [7, 11) is -3.57. The van der Waals surface area contributed by atoms with Crippen molar-refractivity contribution in [3.63, 3.8) is 0 Å². The molecule has 0 atom stereocenters. The maximum absolute atomic E-state index is 13.1. The Kier molecular flexibility index (Phi) is 2.81. The van der Waals surface area contributed by atoms with Gasteiger partial charge in [-0.1, -0.05) is 36.4 Å². The van der Waals surface area contributed by atoms with Crippen LogP contribution in [0.1, 0.15) is 0 Å². The average molecular weight is 345 g/mol. The lowest BCUT2D eigenvalue weighted by molar-refractivity contribution is 0.599. The highest BCUT2D eigenvalue weighted by Crippen LogP contribution is 2.46. The van der Waals surface area contributed by atoms with Crippen molar-refractivity contribution >= 4 is 21.0 Å². The zero-order valence-corrected chi connectivity index (χ0v) is 13.7. The summed E-state index contributed by atoms with van der Waals surface area (Å²) in [6.45, 7) is 0. The summed E-state index contributed by atoms with van der Waals surface area (Å²) in [5.41, 5.74) is 3.77. The quantitative estimate of drug-likeness (QED) is 0.465. The van der Waals surface area contributed by atoms with Gasteiger partial charge in [0.1, 0.15) is 5.52 Å². The van der Waals surface area contributed by atoms with E-state index in [4.69, 9.17) is 0 Å². The largest absolute Gasteiger partial charge is 0.251 e. The van der Waals surface area contributed by atoms with Crippen molar-refractivity contribution < 1.29 is 8.42 Å². The molecule has 25 heavy (non-hydrogen) atoms. The van der Waals surface area contributed by atoms with Crippen LogP contribution in [0.4, 0.5) is 0 Å². The summed E-state index contributed by atoms with van der Waals surface area (Å²) in [6, 6.07) is 16.1. The van der Waals surface area contributed by atoms with E-state index in [1.54, 1.807) is 42.7 Å². The second kappa shape index (κ2) is 4.94. The molecule has 0 radical (unpaired) electrons. The molecule has 120 valence electrons. The van der Waals surface area contributed by atoms with Gasteiger partial charge < -0.3 is 0 Å². The first kappa shape index (κ1) is 14.2. The van der Waals surface area contributed by atoms with Crippen LogP contribution in [0.25, 0.3) is 33.5 Å². The van der Waals surface area contributed by atoms with Crippen LogP contribution in [0.5, 0.6) is 0 Å². The first-order valence-corrected chi connectivity index (χ1v) is 9.20. The van der Waals surface area contributed by atoms with Crippen molar-refractivity contribution in [2.45, 2.75) is 9.79 Å². The fourth-order valence-electron chi connectivity index (χ4n) is 3.28. The lowest BCUT2D eigenvalue weighted by atomic mass is 10.0. The van der Waals surface area contributed by atoms with Gasteiger partial charge >= 0.3 is 0 Å². The Balaban J connectivity index is 1.83. The van der Waals surface area contributed by atoms with Crippen LogP contribution < -0.4 is 0 Å². The molecule has 0 saturated carbocycles. The molecule has 0 saturated heterocycles. The van der Waals surface area contributed by atoms with Crippen molar-refractivity contribution in [1.82, 2.24) is 15.0 Å². The number of benzene rings is 2. The molecule has 0 unspecified atom stereocenters. The van der Waals surface area contributed by atoms with Gasteiger partial charge in [0.25, 0.3) is 0 Å². The van der Waals surface area contributed by atoms with Crippen LogP contribution in [0, 0.1) is 0 Å². The molecule has 0 aliphatic carbocycles. The zero-order valence-electron chi connectivity index (χ0n) is 12.9. The number of nitrogens with zero attached hydrogens (tertiary/aromatic N) is 3. The van der Waals surface area contributed by atoms with Crippen LogP contribution >= 0.6 is 0 Å². The molecule has 2 aromatic carbocycles. The summed E-state index contributed by atoms with van der Waals surface area (Å²) in [5, 5.41) is 0. The minimum Gasteiger partial charge on any atom is -0.251 e. The highest BCUT2D eigenvalue weighted by atomic mass is 32.2. The molecule has 0 amide bonds. The second-order valence-electron chi connectivity index (χ2n) is 5.78. The van der Waals surface area contributed by atoms with Crippen LogP contribution in [0.15, 0.2) is 76.8 Å². The molecular formula is C19H11N3O2S. The molecule has 0 N–H and O–H groups in total. The molecule has 0 bridgehead atoms. The van der Waals surface area contributed by atoms with Gasteiger partial charge in [-0.25, -0.2) is 18.4 Å². The van der Waals surface area contributed by atoms with Crippen LogP contribution in [-0.2, 0) is 9.84 Å². The Labute approximate surface area is 144 Å². The Morgan fingerprint density at radius 3 is 2.40 bits per heavy atom. The third kappa shape index (κ3) is 1.94. The second-order valence-corrected chi connectivity index (χ2v) is 7.63. The summed E-state index contributed by atoms with van der Waals surface area (Å²) in [5.74, 6) is 0. The molecule has 6 heteroatoms. The van der Waals surface area contributed by atoms with Gasteiger partial charge in [-0.2, -0.15) is 0 Å². The maximum Gasteiger partial charge on any atom is 0.208 e. The summed E-state index contributed by atoms with van der Waals surface area (Å²) < 4.78 is 26.2. The molecule has 5 rings (SSSR count). The summed E-state index contributed by atoms with van der Waals surface area (Å²) >= 11 is 0. The van der Waals surface area contributed by atoms with Gasteiger partial charge in [-0.3, -0.25) is 4.98 Å². The minimum atomic E-state index is -3.57. The van der Waals surface area contributed by atoms with E-state index in [0.717, 1.165) is 5.56 Å². The van der Waals surface area contributed by atoms with Crippen LogP contribution in [0.3, 0.4) is 0 Å². The molecule has 0 fully saturated rings. The maximum atomic E-state index is 13.1. The van der Waals surface area contributed by atoms with E-state index >= 15 is 0 Å². The molecule has 1 aliphatic rings. The van der Waals surface area contributed by atoms with Crippen LogP contribution in [-0.4, -0.2) is 23.4 Å². The number of pyridine rings is 1. The van der Waals surface area contributed by atoms with Crippen molar-refractivity contribution in [2.24, 2.45) is 0 Å². The van der Waals surface area contributed by atoms with Gasteiger partial charge in [-0.15, -0.1) is 0 Å². The number of aromatic nitrogens is 3. The first-order chi connectivity index (χ1) is 12.2. The lowest BCUT2D eigenvalue weighted by Crippen LogP contribution is -2.00. The summed E-state index contributed by atoms with van der Waals surface area (Å²) in [4.78, 5) is 13.6. The highest BCUT2D eigenvalue weighted by Gasteiger charge is 2.35. The Morgan fingerprint density at radius 2 is 1.48 bits per heavy atom. The SMILES string of the molecule is O=S1(=O)c2ccccc2-c2cccc(-c3ccc4nccnc4n3)c21. The molecule has 2 aromatic heterocycles. The number of hydrogen-bond acceptors (Lipinski definition) is 5. The third-order valence-corrected chi connectivity index (χ3v) is 6.27. The van der Waals surface area contributed by atoms with E-state index in [1.807, 2.05) is 24.3 Å². The Hall–Kier alpha value is -3.12. The fourth-order valence-corrected chi connectivity index (χ4v) is 5.15. The van der Waals surface area contributed by atoms with Crippen LogP contribution in [0.2, 0.25) is 0 Å². The zero-order chi connectivity index (χ0) is 17.0. The van der Waals surface area contributed by atoms with Crippen molar-refractivity contribution in [3.05, 3.63) is 67.0 Å². The van der Waals surface area contributed by atoms with Gasteiger partial charge in [-0.05, 0) is 18.2 Å². The molecule has 3 heterocycles. The van der Waals surface area contributed by atoms with Crippen molar-refractivity contribution in [2.75, 3.05) is 0 Å². The predicted molar refractivity (Wildman–Crippen MR) is 93.7 cm³/mol. The van der Waals surface area contributed by atoms with Gasteiger partial charge in [0, 0.05) is 29.1 Å². The van der Waals surface area contributed by atoms with Crippen molar-refractivity contribution in [1.29, 1.82) is 0 Å². The van der Waals surface area contributed by atoms with E-state index < -0.39 is 9.84 Å². The van der Waals surface area contributed by atoms with Gasteiger partial charge in [0.2, 0.25) is 9.84 Å². The molecule has 5 nitrogen and oxygen atoms in total. The summed E-state index contributed by atoms with van der Waals surface area (Å²) in [6.07, 6.45) is 3.17. The Bertz CT molecular complexity index is 1270. The Morgan fingerprint density at radius 1 is 0.720 bits per heavy atom. The number of sulfone groups is 1. The molecule has 1 aliphatic heterocycles. The van der Waals surface area contributed by atoms with Crippen molar-refractivity contribution in [3.8, 4) is 22.4 Å². The topological polar surface area (TPSA) is 72.8 Å². The lowest BCUT2D eigenvalue weighted by Gasteiger charge is -2.08. The van der Waals surface area contributed by atoms with E-state index in [-0.39, 0.29) is 0 Å². The molecule has 0 spiro atoms. The fraction of sp³-hybridized carbons (Fsp3) is 0. The first-order valence-electron chi connectivity index (χ1n) is 7.72. The van der Waals surface area contributed by atoms with Gasteiger partial charge in [0.15, 0.2) is 5.65 Å². The smallest absolute Gasteiger partial charge is 0.208 e. The van der Waals surface area contributed by atoms with E-state index in [0.29, 0.717) is 37.8 Å².